The molecule has 1 amide bonds. The van der Waals surface area contributed by atoms with Gasteiger partial charge in [0.05, 0.1) is 0 Å². The number of amides is 1. The number of rotatable bonds is 7. The van der Waals surface area contributed by atoms with Crippen molar-refractivity contribution in [2.24, 2.45) is 11.8 Å². The van der Waals surface area contributed by atoms with Crippen LogP contribution in [0.25, 0.3) is 0 Å². The largest absolute Gasteiger partial charge is 0.356 e. The predicted octanol–water partition coefficient (Wildman–Crippen LogP) is 2.56. The van der Waals surface area contributed by atoms with Gasteiger partial charge >= 0.3 is 0 Å². The Labute approximate surface area is 184 Å². The van der Waals surface area contributed by atoms with Gasteiger partial charge < -0.3 is 20.4 Å². The highest BCUT2D eigenvalue weighted by molar-refractivity contribution is 5.86. The van der Waals surface area contributed by atoms with Crippen molar-refractivity contribution in [3.8, 4) is 0 Å². The number of fused-ring (bicyclic) bond motifs is 2. The standard InChI is InChI=1S/C19H36N4O.3ClH/c1-3-22-6-8-23(9-7-22)14-15(2)13-20-19(24)12-16-10-17-4-5-18(11-16)21-17;;;/h15-18,21H,3-14H2,1-2H3,(H,20,24);3*1H. The van der Waals surface area contributed by atoms with Crippen LogP contribution in [0.5, 0.6) is 0 Å². The fourth-order valence-electron chi connectivity index (χ4n) is 4.76. The zero-order valence-corrected chi connectivity index (χ0v) is 19.3. The number of piperazine rings is 1. The van der Waals surface area contributed by atoms with Crippen LogP contribution in [0.1, 0.15) is 46.0 Å². The Hall–Kier alpha value is 0.220. The summed E-state index contributed by atoms with van der Waals surface area (Å²) in [4.78, 5) is 17.3. The number of halogens is 3. The summed E-state index contributed by atoms with van der Waals surface area (Å²) in [5, 5.41) is 6.85. The first-order chi connectivity index (χ1) is 11.6. The van der Waals surface area contributed by atoms with Crippen LogP contribution in [-0.2, 0) is 4.79 Å². The molecule has 2 N–H and O–H groups in total. The first-order valence-electron chi connectivity index (χ1n) is 10.1. The number of nitrogens with zero attached hydrogens (tertiary/aromatic N) is 2. The molecular formula is C19H39Cl3N4O. The lowest BCUT2D eigenvalue weighted by Gasteiger charge is -2.35. The van der Waals surface area contributed by atoms with Crippen LogP contribution in [0, 0.1) is 11.8 Å². The number of piperidine rings is 1. The SMILES string of the molecule is CCN1CCN(CC(C)CNC(=O)CC2CC3CCC(C2)N3)CC1.Cl.Cl.Cl. The van der Waals surface area contributed by atoms with E-state index in [0.29, 0.717) is 23.9 Å². The third kappa shape index (κ3) is 8.63. The van der Waals surface area contributed by atoms with Crippen molar-refractivity contribution in [1.82, 2.24) is 20.4 Å². The van der Waals surface area contributed by atoms with E-state index in [2.05, 4.69) is 34.3 Å². The van der Waals surface area contributed by atoms with Crippen LogP contribution in [0.15, 0.2) is 0 Å². The van der Waals surface area contributed by atoms with Crippen LogP contribution < -0.4 is 10.6 Å². The van der Waals surface area contributed by atoms with Gasteiger partial charge in [-0.1, -0.05) is 13.8 Å². The smallest absolute Gasteiger partial charge is 0.220 e. The van der Waals surface area contributed by atoms with Crippen molar-refractivity contribution < 1.29 is 4.79 Å². The maximum Gasteiger partial charge on any atom is 0.220 e. The summed E-state index contributed by atoms with van der Waals surface area (Å²) in [6.45, 7) is 12.3. The molecule has 0 aromatic carbocycles. The molecule has 0 aromatic heterocycles. The van der Waals surface area contributed by atoms with E-state index in [4.69, 9.17) is 0 Å². The lowest BCUT2D eigenvalue weighted by Crippen LogP contribution is -2.48. The highest BCUT2D eigenvalue weighted by Crippen LogP contribution is 2.32. The minimum atomic E-state index is 0. The van der Waals surface area contributed by atoms with E-state index in [1.807, 2.05) is 0 Å². The van der Waals surface area contributed by atoms with Gasteiger partial charge in [-0.3, -0.25) is 4.79 Å². The molecule has 162 valence electrons. The van der Waals surface area contributed by atoms with Gasteiger partial charge in [-0.15, -0.1) is 37.2 Å². The Kier molecular flexibility index (Phi) is 13.6. The second-order valence-electron chi connectivity index (χ2n) is 8.32. The van der Waals surface area contributed by atoms with Crippen molar-refractivity contribution in [2.45, 2.75) is 58.0 Å². The lowest BCUT2D eigenvalue weighted by molar-refractivity contribution is -0.122. The molecular weight excluding hydrogens is 407 g/mol. The molecule has 3 fully saturated rings. The molecule has 3 saturated heterocycles. The molecule has 0 saturated carbocycles. The Morgan fingerprint density at radius 2 is 1.59 bits per heavy atom. The van der Waals surface area contributed by atoms with E-state index in [-0.39, 0.29) is 43.1 Å². The summed E-state index contributed by atoms with van der Waals surface area (Å²) in [6.07, 6.45) is 5.75. The number of hydrogen-bond acceptors (Lipinski definition) is 4. The molecule has 3 atom stereocenters. The molecule has 3 unspecified atom stereocenters. The van der Waals surface area contributed by atoms with E-state index in [0.717, 1.165) is 26.1 Å². The predicted molar refractivity (Wildman–Crippen MR) is 120 cm³/mol. The minimum Gasteiger partial charge on any atom is -0.356 e. The van der Waals surface area contributed by atoms with Crippen molar-refractivity contribution in [3.05, 3.63) is 0 Å². The second-order valence-corrected chi connectivity index (χ2v) is 8.32. The van der Waals surface area contributed by atoms with Gasteiger partial charge in [-0.2, -0.15) is 0 Å². The summed E-state index contributed by atoms with van der Waals surface area (Å²) in [6, 6.07) is 1.37. The van der Waals surface area contributed by atoms with Gasteiger partial charge in [0.1, 0.15) is 0 Å². The molecule has 3 heterocycles. The Morgan fingerprint density at radius 1 is 1.04 bits per heavy atom. The summed E-state index contributed by atoms with van der Waals surface area (Å²) in [5.74, 6) is 1.40. The number of carbonyl (C=O) groups excluding carboxylic acids is 1. The quantitative estimate of drug-likeness (QED) is 0.632. The van der Waals surface area contributed by atoms with Crippen LogP contribution in [0.4, 0.5) is 0 Å². The van der Waals surface area contributed by atoms with Gasteiger partial charge in [0.2, 0.25) is 5.91 Å². The van der Waals surface area contributed by atoms with Crippen LogP contribution in [0.2, 0.25) is 0 Å². The molecule has 3 aliphatic rings. The molecule has 27 heavy (non-hydrogen) atoms. The van der Waals surface area contributed by atoms with E-state index in [9.17, 15) is 4.79 Å². The zero-order chi connectivity index (χ0) is 16.9. The fraction of sp³-hybridized carbons (Fsp3) is 0.947. The van der Waals surface area contributed by atoms with Crippen LogP contribution >= 0.6 is 37.2 Å². The normalized spacial score (nSPS) is 29.0. The Balaban J connectivity index is 0.00000225. The van der Waals surface area contributed by atoms with Gasteiger partial charge in [0.15, 0.2) is 0 Å². The minimum absolute atomic E-state index is 0. The molecule has 8 heteroatoms. The Morgan fingerprint density at radius 3 is 2.15 bits per heavy atom. The molecule has 3 aliphatic heterocycles. The third-order valence-corrected chi connectivity index (χ3v) is 6.17. The summed E-state index contributed by atoms with van der Waals surface area (Å²) < 4.78 is 0. The van der Waals surface area contributed by atoms with Crippen LogP contribution in [0.3, 0.4) is 0 Å². The van der Waals surface area contributed by atoms with Crippen molar-refractivity contribution >= 4 is 43.1 Å². The molecule has 0 spiro atoms. The van der Waals surface area contributed by atoms with E-state index < -0.39 is 0 Å². The molecule has 0 aliphatic carbocycles. The van der Waals surface area contributed by atoms with Crippen LogP contribution in [-0.4, -0.2) is 73.6 Å². The number of likely N-dealkylation sites (N-methyl/N-ethyl adjacent to an activating group) is 1. The summed E-state index contributed by atoms with van der Waals surface area (Å²) >= 11 is 0. The highest BCUT2D eigenvalue weighted by atomic mass is 35.5. The molecule has 0 radical (unpaired) electrons. The Bertz CT molecular complexity index is 410. The average Bonchev–Trinajstić information content (AvgIpc) is 2.92. The molecule has 3 rings (SSSR count). The second kappa shape index (κ2) is 13.4. The topological polar surface area (TPSA) is 47.6 Å². The maximum absolute atomic E-state index is 12.3. The number of nitrogens with one attached hydrogen (secondary N) is 2. The maximum atomic E-state index is 12.3. The zero-order valence-electron chi connectivity index (χ0n) is 16.8. The molecule has 5 nitrogen and oxygen atoms in total. The summed E-state index contributed by atoms with van der Waals surface area (Å²) in [5.41, 5.74) is 0. The average molecular weight is 446 g/mol. The summed E-state index contributed by atoms with van der Waals surface area (Å²) in [7, 11) is 0. The number of hydrogen-bond donors (Lipinski definition) is 2. The third-order valence-electron chi connectivity index (χ3n) is 6.17. The first-order valence-corrected chi connectivity index (χ1v) is 10.1. The van der Waals surface area contributed by atoms with Crippen molar-refractivity contribution in [2.75, 3.05) is 45.8 Å². The molecule has 0 aromatic rings. The first kappa shape index (κ1) is 27.2. The lowest BCUT2D eigenvalue weighted by atomic mass is 9.89. The van der Waals surface area contributed by atoms with E-state index >= 15 is 0 Å². The van der Waals surface area contributed by atoms with E-state index in [1.165, 1.54) is 51.9 Å². The van der Waals surface area contributed by atoms with Gasteiger partial charge in [0, 0.05) is 57.8 Å². The number of carbonyl (C=O) groups is 1. The van der Waals surface area contributed by atoms with Gasteiger partial charge in [-0.05, 0) is 44.1 Å². The van der Waals surface area contributed by atoms with Crippen molar-refractivity contribution in [1.29, 1.82) is 0 Å². The monoisotopic (exact) mass is 444 g/mol. The highest BCUT2D eigenvalue weighted by Gasteiger charge is 2.34. The van der Waals surface area contributed by atoms with Gasteiger partial charge in [0.25, 0.3) is 0 Å². The van der Waals surface area contributed by atoms with Gasteiger partial charge in [-0.25, -0.2) is 0 Å². The molecule has 2 bridgehead atoms. The van der Waals surface area contributed by atoms with Crippen molar-refractivity contribution in [3.63, 3.8) is 0 Å². The fourth-order valence-corrected chi connectivity index (χ4v) is 4.76. The van der Waals surface area contributed by atoms with E-state index in [1.54, 1.807) is 0 Å².